The molecule has 0 spiro atoms. The number of aryl methyl sites for hydroxylation is 1. The molecule has 0 aliphatic heterocycles. The molecular formula is C19H20N2O2. The van der Waals surface area contributed by atoms with E-state index in [1.54, 1.807) is 6.92 Å². The Kier molecular flexibility index (Phi) is 5.76. The Morgan fingerprint density at radius 1 is 1.09 bits per heavy atom. The van der Waals surface area contributed by atoms with Crippen molar-refractivity contribution in [3.05, 3.63) is 71.8 Å². The van der Waals surface area contributed by atoms with Crippen molar-refractivity contribution in [3.63, 3.8) is 0 Å². The first kappa shape index (κ1) is 16.6. The average Bonchev–Trinajstić information content (AvgIpc) is 2.60. The van der Waals surface area contributed by atoms with Crippen LogP contribution in [0, 0.1) is 11.3 Å². The lowest BCUT2D eigenvalue weighted by atomic mass is 9.95. The lowest BCUT2D eigenvalue weighted by Gasteiger charge is -2.22. The third kappa shape index (κ3) is 5.48. The minimum absolute atomic E-state index is 0.187. The second-order valence-electron chi connectivity index (χ2n) is 5.62. The zero-order valence-corrected chi connectivity index (χ0v) is 13.2. The highest BCUT2D eigenvalue weighted by Gasteiger charge is 2.26. The molecule has 1 amide bonds. The van der Waals surface area contributed by atoms with Gasteiger partial charge < -0.3 is 10.1 Å². The summed E-state index contributed by atoms with van der Waals surface area (Å²) >= 11 is 0. The van der Waals surface area contributed by atoms with Crippen LogP contribution in [0.3, 0.4) is 0 Å². The zero-order chi connectivity index (χ0) is 16.5. The standard InChI is InChI=1S/C19H20N2O2/c1-19(15-20,13-12-16-8-4-2-5-9-16)21-18(22)23-14-17-10-6-3-7-11-17/h2-11H,12-14H2,1H3,(H,21,22). The summed E-state index contributed by atoms with van der Waals surface area (Å²) in [5.74, 6) is 0. The number of rotatable bonds is 6. The number of hydrogen-bond acceptors (Lipinski definition) is 3. The van der Waals surface area contributed by atoms with Gasteiger partial charge in [-0.3, -0.25) is 0 Å². The van der Waals surface area contributed by atoms with Gasteiger partial charge in [-0.25, -0.2) is 4.79 Å². The molecule has 0 saturated carbocycles. The Balaban J connectivity index is 1.84. The van der Waals surface area contributed by atoms with E-state index < -0.39 is 11.6 Å². The molecule has 1 unspecified atom stereocenters. The number of nitrogens with one attached hydrogen (secondary N) is 1. The van der Waals surface area contributed by atoms with E-state index in [2.05, 4.69) is 11.4 Å². The summed E-state index contributed by atoms with van der Waals surface area (Å²) in [6.45, 7) is 1.90. The number of carbonyl (C=O) groups is 1. The van der Waals surface area contributed by atoms with Gasteiger partial charge in [-0.2, -0.15) is 5.26 Å². The molecule has 2 rings (SSSR count). The number of carbonyl (C=O) groups excluding carboxylic acids is 1. The summed E-state index contributed by atoms with van der Waals surface area (Å²) in [6, 6.07) is 21.5. The smallest absolute Gasteiger partial charge is 0.408 e. The number of alkyl carbamates (subject to hydrolysis) is 1. The van der Waals surface area contributed by atoms with Crippen LogP contribution >= 0.6 is 0 Å². The quantitative estimate of drug-likeness (QED) is 0.882. The third-order valence-corrected chi connectivity index (χ3v) is 3.59. The normalized spacial score (nSPS) is 12.7. The van der Waals surface area contributed by atoms with Crippen molar-refractivity contribution < 1.29 is 9.53 Å². The van der Waals surface area contributed by atoms with Crippen molar-refractivity contribution in [3.8, 4) is 6.07 Å². The summed E-state index contributed by atoms with van der Waals surface area (Å²) in [5, 5.41) is 12.0. The molecule has 0 saturated heterocycles. The van der Waals surface area contributed by atoms with Gasteiger partial charge in [0.15, 0.2) is 0 Å². The van der Waals surface area contributed by atoms with Gasteiger partial charge in [-0.15, -0.1) is 0 Å². The lowest BCUT2D eigenvalue weighted by Crippen LogP contribution is -2.45. The number of benzene rings is 2. The van der Waals surface area contributed by atoms with Crippen LogP contribution in [0.1, 0.15) is 24.5 Å². The van der Waals surface area contributed by atoms with Crippen LogP contribution in [0.2, 0.25) is 0 Å². The van der Waals surface area contributed by atoms with Crippen molar-refractivity contribution in [1.29, 1.82) is 5.26 Å². The van der Waals surface area contributed by atoms with E-state index in [1.807, 2.05) is 60.7 Å². The number of ether oxygens (including phenoxy) is 1. The van der Waals surface area contributed by atoms with E-state index in [-0.39, 0.29) is 6.61 Å². The van der Waals surface area contributed by atoms with Crippen LogP contribution < -0.4 is 5.32 Å². The predicted octanol–water partition coefficient (Wildman–Crippen LogP) is 3.83. The fraction of sp³-hybridized carbons (Fsp3) is 0.263. The Bertz CT molecular complexity index is 665. The molecule has 0 aromatic heterocycles. The maximum Gasteiger partial charge on any atom is 0.408 e. The minimum atomic E-state index is -0.955. The lowest BCUT2D eigenvalue weighted by molar-refractivity contribution is 0.131. The van der Waals surface area contributed by atoms with E-state index in [9.17, 15) is 10.1 Å². The molecule has 0 heterocycles. The summed E-state index contributed by atoms with van der Waals surface area (Å²) in [6.07, 6.45) is 0.656. The maximum absolute atomic E-state index is 11.9. The monoisotopic (exact) mass is 308 g/mol. The molecule has 2 aromatic carbocycles. The zero-order valence-electron chi connectivity index (χ0n) is 13.2. The van der Waals surface area contributed by atoms with Gasteiger partial charge >= 0.3 is 6.09 Å². The molecule has 4 heteroatoms. The minimum Gasteiger partial charge on any atom is -0.445 e. The van der Waals surface area contributed by atoms with E-state index in [0.29, 0.717) is 12.8 Å². The Labute approximate surface area is 136 Å². The molecule has 0 fully saturated rings. The maximum atomic E-state index is 11.9. The topological polar surface area (TPSA) is 62.1 Å². The van der Waals surface area contributed by atoms with Gasteiger partial charge in [0.05, 0.1) is 6.07 Å². The molecule has 1 atom stereocenters. The van der Waals surface area contributed by atoms with Gasteiger partial charge in [-0.05, 0) is 30.9 Å². The predicted molar refractivity (Wildman–Crippen MR) is 88.5 cm³/mol. The molecule has 2 aromatic rings. The number of hydrogen-bond donors (Lipinski definition) is 1. The molecule has 4 nitrogen and oxygen atoms in total. The number of nitriles is 1. The molecule has 0 radical (unpaired) electrons. The third-order valence-electron chi connectivity index (χ3n) is 3.59. The van der Waals surface area contributed by atoms with Gasteiger partial charge in [0, 0.05) is 0 Å². The van der Waals surface area contributed by atoms with Crippen LogP contribution in [0.4, 0.5) is 4.79 Å². The SMILES string of the molecule is CC(C#N)(CCc1ccccc1)NC(=O)OCc1ccccc1. The summed E-state index contributed by atoms with van der Waals surface area (Å²) in [4.78, 5) is 11.9. The van der Waals surface area contributed by atoms with Crippen molar-refractivity contribution in [2.45, 2.75) is 31.9 Å². The molecule has 1 N–H and O–H groups in total. The van der Waals surface area contributed by atoms with E-state index in [4.69, 9.17) is 4.74 Å². The van der Waals surface area contributed by atoms with E-state index in [0.717, 1.165) is 11.1 Å². The average molecular weight is 308 g/mol. The molecule has 0 aliphatic rings. The summed E-state index contributed by atoms with van der Waals surface area (Å²) < 4.78 is 5.18. The van der Waals surface area contributed by atoms with E-state index >= 15 is 0 Å². The summed E-state index contributed by atoms with van der Waals surface area (Å²) in [5.41, 5.74) is 1.09. The first-order chi connectivity index (χ1) is 11.1. The van der Waals surface area contributed by atoms with Crippen LogP contribution in [0.25, 0.3) is 0 Å². The first-order valence-electron chi connectivity index (χ1n) is 7.55. The fourth-order valence-corrected chi connectivity index (χ4v) is 2.17. The van der Waals surface area contributed by atoms with Crippen molar-refractivity contribution in [1.82, 2.24) is 5.32 Å². The van der Waals surface area contributed by atoms with Gasteiger partial charge in [-0.1, -0.05) is 60.7 Å². The second-order valence-corrected chi connectivity index (χ2v) is 5.62. The van der Waals surface area contributed by atoms with Crippen molar-refractivity contribution in [2.75, 3.05) is 0 Å². The van der Waals surface area contributed by atoms with Crippen LogP contribution in [0.15, 0.2) is 60.7 Å². The van der Waals surface area contributed by atoms with Gasteiger partial charge in [0.2, 0.25) is 0 Å². The van der Waals surface area contributed by atoms with Crippen LogP contribution in [-0.2, 0) is 17.8 Å². The van der Waals surface area contributed by atoms with Crippen LogP contribution in [0.5, 0.6) is 0 Å². The Morgan fingerprint density at radius 2 is 1.65 bits per heavy atom. The van der Waals surface area contributed by atoms with Gasteiger partial charge in [0.25, 0.3) is 0 Å². The van der Waals surface area contributed by atoms with E-state index in [1.165, 1.54) is 0 Å². The Hall–Kier alpha value is -2.80. The number of amides is 1. The second kappa shape index (κ2) is 8.00. The molecular weight excluding hydrogens is 288 g/mol. The first-order valence-corrected chi connectivity index (χ1v) is 7.55. The fourth-order valence-electron chi connectivity index (χ4n) is 2.17. The van der Waals surface area contributed by atoms with Gasteiger partial charge in [0.1, 0.15) is 12.1 Å². The Morgan fingerprint density at radius 3 is 2.22 bits per heavy atom. The largest absolute Gasteiger partial charge is 0.445 e. The highest BCUT2D eigenvalue weighted by Crippen LogP contribution is 2.14. The molecule has 23 heavy (non-hydrogen) atoms. The molecule has 0 bridgehead atoms. The number of nitrogens with zero attached hydrogens (tertiary/aromatic N) is 1. The molecule has 118 valence electrons. The van der Waals surface area contributed by atoms with Crippen molar-refractivity contribution >= 4 is 6.09 Å². The molecule has 0 aliphatic carbocycles. The summed E-state index contributed by atoms with van der Waals surface area (Å²) in [7, 11) is 0. The highest BCUT2D eigenvalue weighted by molar-refractivity contribution is 5.68. The van der Waals surface area contributed by atoms with Crippen LogP contribution in [-0.4, -0.2) is 11.6 Å². The highest BCUT2D eigenvalue weighted by atomic mass is 16.5. The van der Waals surface area contributed by atoms with Crippen molar-refractivity contribution in [2.24, 2.45) is 0 Å².